The highest BCUT2D eigenvalue weighted by Crippen LogP contribution is 2.22. The van der Waals surface area contributed by atoms with Crippen LogP contribution in [0, 0.1) is 6.92 Å². The van der Waals surface area contributed by atoms with E-state index in [9.17, 15) is 14.4 Å². The summed E-state index contributed by atoms with van der Waals surface area (Å²) >= 11 is 0. The first-order chi connectivity index (χ1) is 13.4. The van der Waals surface area contributed by atoms with Crippen molar-refractivity contribution in [2.75, 3.05) is 27.2 Å². The number of carbonyl (C=O) groups excluding carboxylic acids is 3. The second kappa shape index (κ2) is 8.35. The number of likely N-dealkylation sites (N-methyl/N-ethyl adjacent to an activating group) is 1. The van der Waals surface area contributed by atoms with Crippen LogP contribution in [0.5, 0.6) is 0 Å². The zero-order valence-electron chi connectivity index (χ0n) is 16.5. The van der Waals surface area contributed by atoms with Gasteiger partial charge in [-0.1, -0.05) is 42.0 Å². The third kappa shape index (κ3) is 4.12. The van der Waals surface area contributed by atoms with E-state index in [1.807, 2.05) is 6.92 Å². The Bertz CT molecular complexity index is 855. The summed E-state index contributed by atoms with van der Waals surface area (Å²) in [5.41, 5.74) is 3.17. The lowest BCUT2D eigenvalue weighted by atomic mass is 10.0. The number of aryl methyl sites for hydroxylation is 1. The van der Waals surface area contributed by atoms with Gasteiger partial charge in [0, 0.05) is 18.5 Å². The maximum Gasteiger partial charge on any atom is 0.261 e. The maximum atomic E-state index is 12.4. The third-order valence-electron chi connectivity index (χ3n) is 5.12. The van der Waals surface area contributed by atoms with E-state index in [-0.39, 0.29) is 36.7 Å². The molecule has 3 amide bonds. The predicted molar refractivity (Wildman–Crippen MR) is 106 cm³/mol. The molecule has 2 N–H and O–H groups in total. The lowest BCUT2D eigenvalue weighted by molar-refractivity contribution is -0.890. The van der Waals surface area contributed by atoms with E-state index in [4.69, 9.17) is 0 Å². The minimum atomic E-state index is -0.330. The number of amides is 3. The number of fused-ring (bicyclic) bond motifs is 1. The van der Waals surface area contributed by atoms with Crippen LogP contribution in [0.15, 0.2) is 48.5 Å². The van der Waals surface area contributed by atoms with E-state index in [2.05, 4.69) is 43.7 Å². The normalized spacial score (nSPS) is 14.4. The van der Waals surface area contributed by atoms with Gasteiger partial charge in [0.25, 0.3) is 11.8 Å². The molecule has 1 aliphatic heterocycles. The van der Waals surface area contributed by atoms with Crippen molar-refractivity contribution < 1.29 is 19.3 Å². The molecule has 146 valence electrons. The summed E-state index contributed by atoms with van der Waals surface area (Å²) in [5, 5.41) is 2.94. The van der Waals surface area contributed by atoms with Crippen LogP contribution in [-0.4, -0.2) is 49.8 Å². The first-order valence-electron chi connectivity index (χ1n) is 9.47. The summed E-state index contributed by atoms with van der Waals surface area (Å²) < 4.78 is 0. The van der Waals surface area contributed by atoms with Gasteiger partial charge >= 0.3 is 0 Å². The number of benzene rings is 2. The molecule has 0 saturated carbocycles. The lowest BCUT2D eigenvalue weighted by Crippen LogP contribution is -3.07. The molecule has 0 saturated heterocycles. The van der Waals surface area contributed by atoms with Gasteiger partial charge < -0.3 is 10.2 Å². The van der Waals surface area contributed by atoms with E-state index in [1.54, 1.807) is 24.3 Å². The Hall–Kier alpha value is -2.99. The first-order valence-corrected chi connectivity index (χ1v) is 9.47. The van der Waals surface area contributed by atoms with E-state index < -0.39 is 0 Å². The zero-order valence-corrected chi connectivity index (χ0v) is 16.5. The molecule has 2 aromatic carbocycles. The number of nitrogens with zero attached hydrogens (tertiary/aromatic N) is 1. The summed E-state index contributed by atoms with van der Waals surface area (Å²) in [7, 11) is 4.10. The van der Waals surface area contributed by atoms with Gasteiger partial charge in [0.2, 0.25) is 5.91 Å². The van der Waals surface area contributed by atoms with Gasteiger partial charge in [-0.2, -0.15) is 0 Å². The van der Waals surface area contributed by atoms with Gasteiger partial charge in [0.05, 0.1) is 31.8 Å². The minimum absolute atomic E-state index is 0.0855. The summed E-state index contributed by atoms with van der Waals surface area (Å²) in [5.74, 6) is -0.831. The van der Waals surface area contributed by atoms with Crippen LogP contribution in [0.25, 0.3) is 0 Å². The topological polar surface area (TPSA) is 70.9 Å². The van der Waals surface area contributed by atoms with Gasteiger partial charge in [-0.25, -0.2) is 0 Å². The molecule has 6 heteroatoms. The SMILES string of the molecule is Cc1ccc([C@@H](CNC(=O)CCN2C(=O)c3ccccc3C2=O)[NH+](C)C)cc1. The highest BCUT2D eigenvalue weighted by molar-refractivity contribution is 6.21. The van der Waals surface area contributed by atoms with Crippen molar-refractivity contribution in [3.63, 3.8) is 0 Å². The monoisotopic (exact) mass is 380 g/mol. The van der Waals surface area contributed by atoms with Gasteiger partial charge in [-0.05, 0) is 19.1 Å². The molecule has 3 rings (SSSR count). The van der Waals surface area contributed by atoms with E-state index >= 15 is 0 Å². The molecule has 0 bridgehead atoms. The quantitative estimate of drug-likeness (QED) is 0.704. The minimum Gasteiger partial charge on any atom is -0.350 e. The third-order valence-corrected chi connectivity index (χ3v) is 5.12. The molecule has 28 heavy (non-hydrogen) atoms. The highest BCUT2D eigenvalue weighted by atomic mass is 16.2. The second-order valence-electron chi connectivity index (χ2n) is 7.40. The van der Waals surface area contributed by atoms with Crippen molar-refractivity contribution in [3.05, 3.63) is 70.8 Å². The Kier molecular flexibility index (Phi) is 5.90. The summed E-state index contributed by atoms with van der Waals surface area (Å²) in [6.07, 6.45) is 0.0921. The molecule has 0 radical (unpaired) electrons. The van der Waals surface area contributed by atoms with Gasteiger partial charge in [-0.3, -0.25) is 19.3 Å². The van der Waals surface area contributed by atoms with Gasteiger partial charge in [0.1, 0.15) is 6.04 Å². The van der Waals surface area contributed by atoms with E-state index in [0.29, 0.717) is 17.7 Å². The number of imide groups is 1. The summed E-state index contributed by atoms with van der Waals surface area (Å²) in [6, 6.07) is 15.2. The van der Waals surface area contributed by atoms with Crippen molar-refractivity contribution in [2.24, 2.45) is 0 Å². The largest absolute Gasteiger partial charge is 0.350 e. The number of carbonyl (C=O) groups is 3. The first kappa shape index (κ1) is 19.8. The Labute approximate surface area is 165 Å². The summed E-state index contributed by atoms with van der Waals surface area (Å²) in [4.78, 5) is 39.4. The van der Waals surface area contributed by atoms with Crippen molar-refractivity contribution in [3.8, 4) is 0 Å². The fourth-order valence-corrected chi connectivity index (χ4v) is 3.41. The smallest absolute Gasteiger partial charge is 0.261 e. The van der Waals surface area contributed by atoms with Crippen LogP contribution in [0.3, 0.4) is 0 Å². The number of quaternary nitrogens is 1. The van der Waals surface area contributed by atoms with Gasteiger partial charge in [-0.15, -0.1) is 0 Å². The number of rotatable bonds is 7. The highest BCUT2D eigenvalue weighted by Gasteiger charge is 2.35. The predicted octanol–water partition coefficient (Wildman–Crippen LogP) is 0.983. The van der Waals surface area contributed by atoms with Crippen LogP contribution >= 0.6 is 0 Å². The molecule has 1 aliphatic rings. The Balaban J connectivity index is 1.55. The molecule has 1 heterocycles. The van der Waals surface area contributed by atoms with Crippen LogP contribution in [0.4, 0.5) is 0 Å². The number of hydrogen-bond donors (Lipinski definition) is 2. The molecule has 0 aromatic heterocycles. The second-order valence-corrected chi connectivity index (χ2v) is 7.40. The zero-order chi connectivity index (χ0) is 20.3. The van der Waals surface area contributed by atoms with Crippen molar-refractivity contribution in [1.29, 1.82) is 0 Å². The van der Waals surface area contributed by atoms with Crippen molar-refractivity contribution >= 4 is 17.7 Å². The summed E-state index contributed by atoms with van der Waals surface area (Å²) in [6.45, 7) is 2.62. The number of hydrogen-bond acceptors (Lipinski definition) is 3. The fraction of sp³-hybridized carbons (Fsp3) is 0.318. The molecular weight excluding hydrogens is 354 g/mol. The molecule has 0 fully saturated rings. The van der Waals surface area contributed by atoms with Crippen LogP contribution in [-0.2, 0) is 4.79 Å². The van der Waals surface area contributed by atoms with Crippen LogP contribution in [0.2, 0.25) is 0 Å². The fourth-order valence-electron chi connectivity index (χ4n) is 3.41. The lowest BCUT2D eigenvalue weighted by Gasteiger charge is -2.22. The Morgan fingerprint density at radius 1 is 1.00 bits per heavy atom. The molecule has 0 spiro atoms. The molecule has 6 nitrogen and oxygen atoms in total. The Morgan fingerprint density at radius 3 is 2.11 bits per heavy atom. The van der Waals surface area contributed by atoms with Crippen LogP contribution in [0.1, 0.15) is 44.3 Å². The van der Waals surface area contributed by atoms with Crippen LogP contribution < -0.4 is 10.2 Å². The Morgan fingerprint density at radius 2 is 1.57 bits per heavy atom. The molecule has 0 unspecified atom stereocenters. The van der Waals surface area contributed by atoms with Gasteiger partial charge in [0.15, 0.2) is 0 Å². The maximum absolute atomic E-state index is 12.4. The standard InChI is InChI=1S/C22H25N3O3/c1-15-8-10-16(11-9-15)19(24(2)3)14-23-20(26)12-13-25-21(27)17-6-4-5-7-18(17)22(25)28/h4-11,19H,12-14H2,1-3H3,(H,23,26)/p+1/t19-/m1/s1. The molecule has 2 aromatic rings. The van der Waals surface area contributed by atoms with Crippen molar-refractivity contribution in [2.45, 2.75) is 19.4 Å². The van der Waals surface area contributed by atoms with E-state index in [0.717, 1.165) is 10.5 Å². The average Bonchev–Trinajstić information content (AvgIpc) is 2.92. The molecular formula is C22H26N3O3+. The average molecular weight is 380 g/mol. The molecule has 1 atom stereocenters. The van der Waals surface area contributed by atoms with Crippen molar-refractivity contribution in [1.82, 2.24) is 10.2 Å². The van der Waals surface area contributed by atoms with E-state index in [1.165, 1.54) is 10.5 Å². The molecule has 0 aliphatic carbocycles. The number of nitrogens with one attached hydrogen (secondary N) is 2.